The van der Waals surface area contributed by atoms with E-state index in [-0.39, 0.29) is 11.8 Å². The van der Waals surface area contributed by atoms with Crippen molar-refractivity contribution in [3.05, 3.63) is 30.6 Å². The van der Waals surface area contributed by atoms with E-state index in [9.17, 15) is 4.79 Å². The van der Waals surface area contributed by atoms with Gasteiger partial charge in [-0.2, -0.15) is 10.2 Å². The fourth-order valence-corrected chi connectivity index (χ4v) is 4.08. The summed E-state index contributed by atoms with van der Waals surface area (Å²) >= 11 is 0. The van der Waals surface area contributed by atoms with E-state index in [1.165, 1.54) is 19.4 Å². The molecule has 8 nitrogen and oxygen atoms in total. The zero-order chi connectivity index (χ0) is 20.7. The maximum Gasteiger partial charge on any atom is 0.228 e. The molecule has 0 bridgehead atoms. The van der Waals surface area contributed by atoms with Crippen molar-refractivity contribution < 1.29 is 9.53 Å². The van der Waals surface area contributed by atoms with Crippen LogP contribution in [0.25, 0.3) is 16.8 Å². The Kier molecular flexibility index (Phi) is 4.94. The highest BCUT2D eigenvalue weighted by Crippen LogP contribution is 2.32. The number of nitrogens with zero attached hydrogens (tertiary/aromatic N) is 5. The Balaban J connectivity index is 1.34. The van der Waals surface area contributed by atoms with E-state index < -0.39 is 0 Å². The number of likely N-dealkylation sites (tertiary alicyclic amines) is 1. The molecular weight excluding hydrogens is 380 g/mol. The summed E-state index contributed by atoms with van der Waals surface area (Å²) in [4.78, 5) is 14.5. The van der Waals surface area contributed by atoms with Crippen LogP contribution in [-0.4, -0.2) is 55.9 Å². The zero-order valence-electron chi connectivity index (χ0n) is 17.5. The molecular formula is C22H28N6O2. The normalized spacial score (nSPS) is 19.1. The van der Waals surface area contributed by atoms with Crippen LogP contribution in [0.2, 0.25) is 0 Å². The first-order valence-corrected chi connectivity index (χ1v) is 10.8. The highest BCUT2D eigenvalue weighted by atomic mass is 16.5. The van der Waals surface area contributed by atoms with Crippen LogP contribution in [0.15, 0.2) is 30.6 Å². The summed E-state index contributed by atoms with van der Waals surface area (Å²) in [6.45, 7) is 5.19. The molecule has 30 heavy (non-hydrogen) atoms. The van der Waals surface area contributed by atoms with Crippen LogP contribution < -0.4 is 10.1 Å². The maximum absolute atomic E-state index is 12.0. The number of anilines is 1. The summed E-state index contributed by atoms with van der Waals surface area (Å²) in [5.41, 5.74) is 2.87. The number of hydrogen-bond acceptors (Lipinski definition) is 5. The Labute approximate surface area is 175 Å². The smallest absolute Gasteiger partial charge is 0.228 e. The quantitative estimate of drug-likeness (QED) is 0.620. The van der Waals surface area contributed by atoms with Crippen molar-refractivity contribution in [2.75, 3.05) is 25.0 Å². The monoisotopic (exact) mass is 408 g/mol. The van der Waals surface area contributed by atoms with Crippen molar-refractivity contribution >= 4 is 17.2 Å². The second-order valence-corrected chi connectivity index (χ2v) is 8.35. The van der Waals surface area contributed by atoms with Gasteiger partial charge in [-0.25, -0.2) is 4.52 Å². The van der Waals surface area contributed by atoms with E-state index >= 15 is 0 Å². The van der Waals surface area contributed by atoms with Gasteiger partial charge in [0.1, 0.15) is 12.3 Å². The van der Waals surface area contributed by atoms with Crippen LogP contribution in [0.4, 0.5) is 5.82 Å². The Morgan fingerprint density at radius 1 is 1.30 bits per heavy atom. The van der Waals surface area contributed by atoms with Gasteiger partial charge in [0, 0.05) is 43.4 Å². The Bertz CT molecular complexity index is 1070. The van der Waals surface area contributed by atoms with E-state index in [1.807, 2.05) is 30.1 Å². The molecule has 0 unspecified atom stereocenters. The number of pyridine rings is 1. The number of nitrogens with one attached hydrogen (secondary N) is 1. The van der Waals surface area contributed by atoms with Gasteiger partial charge < -0.3 is 10.1 Å². The summed E-state index contributed by atoms with van der Waals surface area (Å²) < 4.78 is 9.81. The van der Waals surface area contributed by atoms with E-state index in [1.54, 1.807) is 10.7 Å². The SMILES string of the molecule is CCCN1CC[C@@H]1COc1cnn(C)c1-c1ccn2nc(NC(=O)C3CC3)cc2c1. The first-order chi connectivity index (χ1) is 14.6. The van der Waals surface area contributed by atoms with Crippen molar-refractivity contribution in [1.82, 2.24) is 24.3 Å². The molecule has 3 aromatic heterocycles. The molecule has 0 radical (unpaired) electrons. The fraction of sp³-hybridized carbons (Fsp3) is 0.500. The van der Waals surface area contributed by atoms with Crippen molar-refractivity contribution in [3.63, 3.8) is 0 Å². The average Bonchev–Trinajstić information content (AvgIpc) is 3.40. The number of amides is 1. The van der Waals surface area contributed by atoms with Crippen molar-refractivity contribution in [2.24, 2.45) is 13.0 Å². The molecule has 5 rings (SSSR count). The minimum absolute atomic E-state index is 0.0639. The standard InChI is InChI=1S/C22H28N6O2/c1-3-8-27-9-7-17(27)14-30-19-13-23-26(2)21(19)16-6-10-28-18(11-16)12-20(25-28)24-22(29)15-4-5-15/h6,10-13,15,17H,3-5,7-9,14H2,1-2H3,(H,24,25,29)/t17-/m1/s1. The lowest BCUT2D eigenvalue weighted by atomic mass is 10.0. The number of fused-ring (bicyclic) bond motifs is 1. The molecule has 8 heteroatoms. The third kappa shape index (κ3) is 3.67. The van der Waals surface area contributed by atoms with Crippen LogP contribution in [0.5, 0.6) is 5.75 Å². The molecule has 2 aliphatic rings. The van der Waals surface area contributed by atoms with Gasteiger partial charge in [0.2, 0.25) is 5.91 Å². The van der Waals surface area contributed by atoms with Crippen molar-refractivity contribution in [2.45, 2.75) is 38.6 Å². The molecule has 0 spiro atoms. The number of rotatable bonds is 8. The maximum atomic E-state index is 12.0. The lowest BCUT2D eigenvalue weighted by Crippen LogP contribution is -2.50. The lowest BCUT2D eigenvalue weighted by molar-refractivity contribution is -0.117. The third-order valence-electron chi connectivity index (χ3n) is 6.05. The fourth-order valence-electron chi connectivity index (χ4n) is 4.08. The molecule has 1 N–H and O–H groups in total. The second-order valence-electron chi connectivity index (χ2n) is 8.35. The predicted molar refractivity (Wildman–Crippen MR) is 115 cm³/mol. The Morgan fingerprint density at radius 3 is 2.90 bits per heavy atom. The first-order valence-electron chi connectivity index (χ1n) is 10.8. The molecule has 4 heterocycles. The van der Waals surface area contributed by atoms with Gasteiger partial charge in [-0.15, -0.1) is 0 Å². The van der Waals surface area contributed by atoms with Gasteiger partial charge in [0.05, 0.1) is 11.7 Å². The lowest BCUT2D eigenvalue weighted by Gasteiger charge is -2.40. The topological polar surface area (TPSA) is 76.7 Å². The summed E-state index contributed by atoms with van der Waals surface area (Å²) in [6.07, 6.45) is 8.01. The number of ether oxygens (including phenoxy) is 1. The van der Waals surface area contributed by atoms with Crippen LogP contribution >= 0.6 is 0 Å². The van der Waals surface area contributed by atoms with Crippen LogP contribution in [-0.2, 0) is 11.8 Å². The largest absolute Gasteiger partial charge is 0.488 e. The molecule has 1 aliphatic carbocycles. The minimum Gasteiger partial charge on any atom is -0.488 e. The van der Waals surface area contributed by atoms with Gasteiger partial charge in [0.15, 0.2) is 11.6 Å². The minimum atomic E-state index is 0.0639. The molecule has 1 saturated heterocycles. The number of aryl methyl sites for hydroxylation is 1. The summed E-state index contributed by atoms with van der Waals surface area (Å²) in [5, 5.41) is 11.8. The van der Waals surface area contributed by atoms with E-state index in [4.69, 9.17) is 4.74 Å². The number of carbonyl (C=O) groups excluding carboxylic acids is 1. The molecule has 1 aliphatic heterocycles. The zero-order valence-corrected chi connectivity index (χ0v) is 17.5. The van der Waals surface area contributed by atoms with Gasteiger partial charge in [0.25, 0.3) is 0 Å². The first kappa shape index (κ1) is 19.1. The molecule has 1 amide bonds. The van der Waals surface area contributed by atoms with Crippen molar-refractivity contribution in [3.8, 4) is 17.0 Å². The Morgan fingerprint density at radius 2 is 2.17 bits per heavy atom. The summed E-state index contributed by atoms with van der Waals surface area (Å²) in [5.74, 6) is 1.61. The molecule has 1 atom stereocenters. The second kappa shape index (κ2) is 7.75. The van der Waals surface area contributed by atoms with Gasteiger partial charge >= 0.3 is 0 Å². The predicted octanol–water partition coefficient (Wildman–Crippen LogP) is 2.95. The van der Waals surface area contributed by atoms with E-state index in [0.717, 1.165) is 41.9 Å². The highest BCUT2D eigenvalue weighted by molar-refractivity contribution is 5.93. The number of aromatic nitrogens is 4. The van der Waals surface area contributed by atoms with Gasteiger partial charge in [-0.1, -0.05) is 6.92 Å². The van der Waals surface area contributed by atoms with Crippen LogP contribution in [0.1, 0.15) is 32.6 Å². The highest BCUT2D eigenvalue weighted by Gasteiger charge is 2.30. The molecule has 1 saturated carbocycles. The number of carbonyl (C=O) groups is 1. The van der Waals surface area contributed by atoms with E-state index in [2.05, 4.69) is 33.4 Å². The van der Waals surface area contributed by atoms with Gasteiger partial charge in [-0.05, 0) is 44.4 Å². The Hall–Kier alpha value is -2.87. The third-order valence-corrected chi connectivity index (χ3v) is 6.05. The summed E-state index contributed by atoms with van der Waals surface area (Å²) in [6, 6.07) is 6.45. The molecule has 0 aromatic carbocycles. The van der Waals surface area contributed by atoms with Crippen molar-refractivity contribution in [1.29, 1.82) is 0 Å². The molecule has 158 valence electrons. The van der Waals surface area contributed by atoms with Crippen LogP contribution in [0, 0.1) is 5.92 Å². The average molecular weight is 409 g/mol. The number of hydrogen-bond donors (Lipinski definition) is 1. The molecule has 2 fully saturated rings. The van der Waals surface area contributed by atoms with E-state index in [0.29, 0.717) is 18.5 Å². The van der Waals surface area contributed by atoms with Gasteiger partial charge in [-0.3, -0.25) is 14.4 Å². The van der Waals surface area contributed by atoms with Crippen LogP contribution in [0.3, 0.4) is 0 Å². The summed E-state index contributed by atoms with van der Waals surface area (Å²) in [7, 11) is 1.93. The molecule has 3 aromatic rings.